The van der Waals surface area contributed by atoms with E-state index in [1.54, 1.807) is 0 Å². The number of benzene rings is 4. The smallest absolute Gasteiger partial charge is 0.0991 e. The van der Waals surface area contributed by atoms with Gasteiger partial charge in [-0.05, 0) is 78.1 Å². The summed E-state index contributed by atoms with van der Waals surface area (Å²) in [6.45, 7) is 2.13. The van der Waals surface area contributed by atoms with E-state index in [4.69, 9.17) is 5.26 Å². The van der Waals surface area contributed by atoms with Gasteiger partial charge in [0.25, 0.3) is 0 Å². The molecule has 0 unspecified atom stereocenters. The van der Waals surface area contributed by atoms with Crippen molar-refractivity contribution in [3.8, 4) is 28.3 Å². The summed E-state index contributed by atoms with van der Waals surface area (Å²) in [5.74, 6) is 0. The summed E-state index contributed by atoms with van der Waals surface area (Å²) in [6.07, 6.45) is 8.75. The Labute approximate surface area is 204 Å². The minimum Gasteiger partial charge on any atom is -0.192 e. The topological polar surface area (TPSA) is 23.8 Å². The monoisotopic (exact) mass is 443 g/mol. The fourth-order valence-electron chi connectivity index (χ4n) is 4.40. The quantitative estimate of drug-likeness (QED) is 0.224. The first kappa shape index (κ1) is 23.5. The van der Waals surface area contributed by atoms with E-state index in [0.29, 0.717) is 5.56 Å². The molecule has 0 aliphatic rings. The van der Waals surface area contributed by atoms with Crippen LogP contribution >= 0.6 is 0 Å². The lowest BCUT2D eigenvalue weighted by molar-refractivity contribution is 0.613. The summed E-state index contributed by atoms with van der Waals surface area (Å²) in [4.78, 5) is 0. The first-order valence-corrected chi connectivity index (χ1v) is 12.5. The van der Waals surface area contributed by atoms with Crippen LogP contribution in [0.5, 0.6) is 0 Å². The third kappa shape index (κ3) is 6.69. The standard InChI is InChI=1S/C33H33N/c1-26-9-17-30(18-10-26)31-19-11-27(12-20-31)7-5-3-2-4-6-8-28-13-21-32(22-14-28)33-23-15-29(25-34)16-24-33/h9-24H,2-8H2,1H3. The fraction of sp³-hybridized carbons (Fsp3) is 0.242. The van der Waals surface area contributed by atoms with Crippen molar-refractivity contribution in [2.45, 2.75) is 51.9 Å². The van der Waals surface area contributed by atoms with Crippen LogP contribution in [0.1, 0.15) is 54.4 Å². The Morgan fingerprint density at radius 2 is 0.824 bits per heavy atom. The van der Waals surface area contributed by atoms with Crippen LogP contribution in [0.15, 0.2) is 97.1 Å². The van der Waals surface area contributed by atoms with Gasteiger partial charge in [0.2, 0.25) is 0 Å². The summed E-state index contributed by atoms with van der Waals surface area (Å²) in [6, 6.07) is 36.7. The van der Waals surface area contributed by atoms with Crippen molar-refractivity contribution in [2.24, 2.45) is 0 Å². The zero-order chi connectivity index (χ0) is 23.6. The molecular formula is C33H33N. The molecule has 0 heterocycles. The predicted octanol–water partition coefficient (Wildman–Crippen LogP) is 8.94. The van der Waals surface area contributed by atoms with Gasteiger partial charge in [-0.1, -0.05) is 110 Å². The molecule has 0 aromatic heterocycles. The van der Waals surface area contributed by atoms with Gasteiger partial charge in [-0.15, -0.1) is 0 Å². The molecule has 0 saturated carbocycles. The highest BCUT2D eigenvalue weighted by Gasteiger charge is 2.01. The Hall–Kier alpha value is -3.63. The Balaban J connectivity index is 1.12. The molecule has 0 N–H and O–H groups in total. The maximum atomic E-state index is 8.94. The van der Waals surface area contributed by atoms with Gasteiger partial charge in [-0.25, -0.2) is 0 Å². The van der Waals surface area contributed by atoms with E-state index >= 15 is 0 Å². The average molecular weight is 444 g/mol. The molecule has 0 bridgehead atoms. The number of hydrogen-bond donors (Lipinski definition) is 0. The zero-order valence-corrected chi connectivity index (χ0v) is 20.1. The molecular weight excluding hydrogens is 410 g/mol. The Bertz CT molecular complexity index is 1190. The normalized spacial score (nSPS) is 10.7. The lowest BCUT2D eigenvalue weighted by Gasteiger charge is -2.06. The highest BCUT2D eigenvalue weighted by Crippen LogP contribution is 2.22. The van der Waals surface area contributed by atoms with Crippen molar-refractivity contribution in [3.63, 3.8) is 0 Å². The molecule has 4 aromatic rings. The first-order valence-electron chi connectivity index (χ1n) is 12.5. The number of aryl methyl sites for hydroxylation is 3. The molecule has 0 amide bonds. The SMILES string of the molecule is Cc1ccc(-c2ccc(CCCCCCCc3ccc(-c4ccc(C#N)cc4)cc3)cc2)cc1. The lowest BCUT2D eigenvalue weighted by atomic mass is 9.99. The van der Waals surface area contributed by atoms with Gasteiger partial charge in [0, 0.05) is 0 Å². The van der Waals surface area contributed by atoms with Crippen molar-refractivity contribution in [1.29, 1.82) is 5.26 Å². The van der Waals surface area contributed by atoms with Crippen LogP contribution in [0, 0.1) is 18.3 Å². The second kappa shape index (κ2) is 12.0. The molecule has 4 aromatic carbocycles. The second-order valence-electron chi connectivity index (χ2n) is 9.22. The minimum atomic E-state index is 0.705. The van der Waals surface area contributed by atoms with Gasteiger partial charge in [0.05, 0.1) is 11.6 Å². The molecule has 0 radical (unpaired) electrons. The summed E-state index contributed by atoms with van der Waals surface area (Å²) in [5.41, 5.74) is 9.82. The van der Waals surface area contributed by atoms with E-state index in [9.17, 15) is 0 Å². The molecule has 0 aliphatic heterocycles. The zero-order valence-electron chi connectivity index (χ0n) is 20.1. The third-order valence-electron chi connectivity index (χ3n) is 6.57. The maximum Gasteiger partial charge on any atom is 0.0991 e. The van der Waals surface area contributed by atoms with E-state index in [1.807, 2.05) is 24.3 Å². The van der Waals surface area contributed by atoms with E-state index in [-0.39, 0.29) is 0 Å². The van der Waals surface area contributed by atoms with Gasteiger partial charge in [-0.2, -0.15) is 5.26 Å². The number of nitrogens with zero attached hydrogens (tertiary/aromatic N) is 1. The van der Waals surface area contributed by atoms with Crippen molar-refractivity contribution in [1.82, 2.24) is 0 Å². The van der Waals surface area contributed by atoms with Crippen LogP contribution in [-0.2, 0) is 12.8 Å². The van der Waals surface area contributed by atoms with Crippen LogP contribution in [0.3, 0.4) is 0 Å². The predicted molar refractivity (Wildman–Crippen MR) is 144 cm³/mol. The highest BCUT2D eigenvalue weighted by atomic mass is 14.2. The van der Waals surface area contributed by atoms with Crippen LogP contribution in [0.25, 0.3) is 22.3 Å². The third-order valence-corrected chi connectivity index (χ3v) is 6.57. The average Bonchev–Trinajstić information content (AvgIpc) is 2.89. The summed E-state index contributed by atoms with van der Waals surface area (Å²) < 4.78 is 0. The number of unbranched alkanes of at least 4 members (excludes halogenated alkanes) is 4. The van der Waals surface area contributed by atoms with Gasteiger partial charge in [0.15, 0.2) is 0 Å². The number of nitriles is 1. The molecule has 0 atom stereocenters. The first-order chi connectivity index (χ1) is 16.7. The van der Waals surface area contributed by atoms with E-state index < -0.39 is 0 Å². The minimum absolute atomic E-state index is 0.705. The highest BCUT2D eigenvalue weighted by molar-refractivity contribution is 5.65. The van der Waals surface area contributed by atoms with E-state index in [1.165, 1.54) is 71.9 Å². The maximum absolute atomic E-state index is 8.94. The molecule has 1 heteroatoms. The fourth-order valence-corrected chi connectivity index (χ4v) is 4.40. The Kier molecular flexibility index (Phi) is 8.31. The molecule has 4 rings (SSSR count). The van der Waals surface area contributed by atoms with Crippen molar-refractivity contribution in [2.75, 3.05) is 0 Å². The van der Waals surface area contributed by atoms with Crippen LogP contribution in [0.4, 0.5) is 0 Å². The number of hydrogen-bond acceptors (Lipinski definition) is 1. The van der Waals surface area contributed by atoms with Crippen molar-refractivity contribution >= 4 is 0 Å². The summed E-state index contributed by atoms with van der Waals surface area (Å²) >= 11 is 0. The lowest BCUT2D eigenvalue weighted by Crippen LogP contribution is -1.89. The van der Waals surface area contributed by atoms with Gasteiger partial charge < -0.3 is 0 Å². The molecule has 0 fully saturated rings. The van der Waals surface area contributed by atoms with Crippen LogP contribution in [0.2, 0.25) is 0 Å². The van der Waals surface area contributed by atoms with Crippen LogP contribution in [-0.4, -0.2) is 0 Å². The summed E-state index contributed by atoms with van der Waals surface area (Å²) in [7, 11) is 0. The molecule has 34 heavy (non-hydrogen) atoms. The largest absolute Gasteiger partial charge is 0.192 e. The van der Waals surface area contributed by atoms with Crippen molar-refractivity contribution in [3.05, 3.63) is 119 Å². The molecule has 0 saturated heterocycles. The Morgan fingerprint density at radius 3 is 1.24 bits per heavy atom. The number of rotatable bonds is 10. The molecule has 170 valence electrons. The second-order valence-corrected chi connectivity index (χ2v) is 9.22. The van der Waals surface area contributed by atoms with Crippen molar-refractivity contribution < 1.29 is 0 Å². The van der Waals surface area contributed by atoms with Crippen LogP contribution < -0.4 is 0 Å². The van der Waals surface area contributed by atoms with Gasteiger partial charge in [-0.3, -0.25) is 0 Å². The Morgan fingerprint density at radius 1 is 0.471 bits per heavy atom. The van der Waals surface area contributed by atoms with Gasteiger partial charge >= 0.3 is 0 Å². The van der Waals surface area contributed by atoms with E-state index in [0.717, 1.165) is 12.0 Å². The van der Waals surface area contributed by atoms with Gasteiger partial charge in [0.1, 0.15) is 0 Å². The molecule has 0 aliphatic carbocycles. The molecule has 1 nitrogen and oxygen atoms in total. The molecule has 0 spiro atoms. The summed E-state index contributed by atoms with van der Waals surface area (Å²) in [5, 5.41) is 8.94. The van der Waals surface area contributed by atoms with E-state index in [2.05, 4.69) is 85.8 Å².